The van der Waals surface area contributed by atoms with Crippen LogP contribution in [0, 0.1) is 11.3 Å². The van der Waals surface area contributed by atoms with E-state index in [0.29, 0.717) is 31.8 Å². The average molecular weight is 295 g/mol. The predicted molar refractivity (Wildman–Crippen MR) is 73.6 cm³/mol. The van der Waals surface area contributed by atoms with Crippen LogP contribution < -0.4 is 5.32 Å². The van der Waals surface area contributed by atoms with Crippen molar-refractivity contribution >= 4 is 10.0 Å². The number of nitriles is 1. The summed E-state index contributed by atoms with van der Waals surface area (Å²) in [7, 11) is -1.77. The lowest BCUT2D eigenvalue weighted by Gasteiger charge is -2.32. The molecule has 1 saturated heterocycles. The van der Waals surface area contributed by atoms with E-state index in [9.17, 15) is 8.42 Å². The zero-order chi connectivity index (χ0) is 14.6. The number of rotatable bonds is 4. The summed E-state index contributed by atoms with van der Waals surface area (Å²) in [6, 6.07) is 8.03. The highest BCUT2D eigenvalue weighted by Crippen LogP contribution is 2.19. The molecular formula is C13H17N3O3S. The Morgan fingerprint density at radius 2 is 2.35 bits per heavy atom. The Morgan fingerprint density at radius 3 is 3.05 bits per heavy atom. The Labute approximate surface area is 119 Å². The third-order valence-electron chi connectivity index (χ3n) is 3.13. The maximum Gasteiger partial charge on any atom is 0.243 e. The summed E-state index contributed by atoms with van der Waals surface area (Å²) in [5.41, 5.74) is 0.339. The third-order valence-corrected chi connectivity index (χ3v) is 5.00. The topological polar surface area (TPSA) is 82.4 Å². The van der Waals surface area contributed by atoms with Crippen LogP contribution in [0.4, 0.5) is 0 Å². The van der Waals surface area contributed by atoms with Gasteiger partial charge in [-0.2, -0.15) is 9.57 Å². The Kier molecular flexibility index (Phi) is 4.73. The van der Waals surface area contributed by atoms with Crippen molar-refractivity contribution in [3.8, 4) is 6.07 Å². The van der Waals surface area contributed by atoms with Gasteiger partial charge in [0.25, 0.3) is 0 Å². The van der Waals surface area contributed by atoms with E-state index in [1.54, 1.807) is 19.2 Å². The van der Waals surface area contributed by atoms with Crippen LogP contribution in [0.1, 0.15) is 5.56 Å². The summed E-state index contributed by atoms with van der Waals surface area (Å²) in [6.45, 7) is 1.63. The summed E-state index contributed by atoms with van der Waals surface area (Å²) in [4.78, 5) is 0.154. The van der Waals surface area contributed by atoms with E-state index < -0.39 is 10.0 Å². The minimum absolute atomic E-state index is 0.150. The van der Waals surface area contributed by atoms with Gasteiger partial charge in [0.05, 0.1) is 29.2 Å². The Balaban J connectivity index is 2.23. The molecule has 0 aliphatic carbocycles. The number of morpholine rings is 1. The van der Waals surface area contributed by atoms with Crippen LogP contribution in [0.15, 0.2) is 29.2 Å². The molecule has 0 radical (unpaired) electrons. The summed E-state index contributed by atoms with van der Waals surface area (Å²) < 4.78 is 32.0. The van der Waals surface area contributed by atoms with E-state index in [2.05, 4.69) is 5.32 Å². The van der Waals surface area contributed by atoms with Crippen LogP contribution in [0.3, 0.4) is 0 Å². The highest BCUT2D eigenvalue weighted by atomic mass is 32.2. The molecule has 1 atom stereocenters. The normalized spacial score (nSPS) is 20.5. The van der Waals surface area contributed by atoms with E-state index in [0.717, 1.165) is 0 Å². The fourth-order valence-corrected chi connectivity index (χ4v) is 3.64. The van der Waals surface area contributed by atoms with Gasteiger partial charge in [-0.05, 0) is 25.2 Å². The fraction of sp³-hybridized carbons (Fsp3) is 0.462. The smallest absolute Gasteiger partial charge is 0.243 e. The lowest BCUT2D eigenvalue weighted by atomic mass is 10.2. The molecule has 1 aliphatic heterocycles. The third kappa shape index (κ3) is 3.16. The summed E-state index contributed by atoms with van der Waals surface area (Å²) in [6.07, 6.45) is -0.150. The molecule has 1 heterocycles. The summed E-state index contributed by atoms with van der Waals surface area (Å²) >= 11 is 0. The van der Waals surface area contributed by atoms with Crippen molar-refractivity contribution in [3.05, 3.63) is 29.8 Å². The first kappa shape index (κ1) is 14.9. The Hall–Kier alpha value is -1.46. The van der Waals surface area contributed by atoms with Crippen molar-refractivity contribution in [3.63, 3.8) is 0 Å². The van der Waals surface area contributed by atoms with Gasteiger partial charge in [-0.25, -0.2) is 8.42 Å². The molecule has 1 unspecified atom stereocenters. The first-order chi connectivity index (χ1) is 9.57. The predicted octanol–water partition coefficient (Wildman–Crippen LogP) is 0.167. The number of sulfonamides is 1. The van der Waals surface area contributed by atoms with Crippen molar-refractivity contribution in [2.24, 2.45) is 0 Å². The number of nitrogens with one attached hydrogen (secondary N) is 1. The molecule has 6 nitrogen and oxygen atoms in total. The van der Waals surface area contributed by atoms with Gasteiger partial charge >= 0.3 is 0 Å². The first-order valence-corrected chi connectivity index (χ1v) is 7.78. The van der Waals surface area contributed by atoms with Crippen molar-refractivity contribution in [1.29, 1.82) is 5.26 Å². The number of hydrogen-bond acceptors (Lipinski definition) is 5. The van der Waals surface area contributed by atoms with Gasteiger partial charge in [-0.3, -0.25) is 0 Å². The molecule has 1 aromatic carbocycles. The minimum atomic E-state index is -3.57. The van der Waals surface area contributed by atoms with E-state index in [-0.39, 0.29) is 11.0 Å². The Bertz CT molecular complexity index is 608. The summed E-state index contributed by atoms with van der Waals surface area (Å²) in [5.74, 6) is 0. The van der Waals surface area contributed by atoms with Gasteiger partial charge in [0.1, 0.15) is 0 Å². The van der Waals surface area contributed by atoms with Gasteiger partial charge in [-0.1, -0.05) is 6.07 Å². The SMILES string of the molecule is CNCC1CN(S(=O)(=O)c2cccc(C#N)c2)CCO1. The maximum atomic E-state index is 12.5. The zero-order valence-corrected chi connectivity index (χ0v) is 12.1. The Morgan fingerprint density at radius 1 is 1.55 bits per heavy atom. The maximum absolute atomic E-state index is 12.5. The second-order valence-electron chi connectivity index (χ2n) is 4.55. The highest BCUT2D eigenvalue weighted by molar-refractivity contribution is 7.89. The largest absolute Gasteiger partial charge is 0.374 e. The molecule has 0 amide bonds. The van der Waals surface area contributed by atoms with E-state index in [4.69, 9.17) is 10.00 Å². The zero-order valence-electron chi connectivity index (χ0n) is 11.2. The lowest BCUT2D eigenvalue weighted by molar-refractivity contribution is 0.000824. The molecule has 0 aromatic heterocycles. The molecule has 1 fully saturated rings. The number of nitrogens with zero attached hydrogens (tertiary/aromatic N) is 2. The van der Waals surface area contributed by atoms with E-state index >= 15 is 0 Å². The quantitative estimate of drug-likeness (QED) is 0.856. The molecule has 1 aromatic rings. The van der Waals surface area contributed by atoms with Gasteiger partial charge in [0.15, 0.2) is 0 Å². The number of likely N-dealkylation sites (N-methyl/N-ethyl adjacent to an activating group) is 1. The lowest BCUT2D eigenvalue weighted by Crippen LogP contribution is -2.48. The second kappa shape index (κ2) is 6.33. The molecule has 1 aliphatic rings. The number of benzene rings is 1. The van der Waals surface area contributed by atoms with Crippen LogP contribution in [-0.4, -0.2) is 52.1 Å². The molecule has 0 spiro atoms. The van der Waals surface area contributed by atoms with Crippen molar-refractivity contribution in [2.45, 2.75) is 11.0 Å². The standard InChI is InChI=1S/C13H17N3O3S/c1-15-9-12-10-16(5-6-19-12)20(17,18)13-4-2-3-11(7-13)8-14/h2-4,7,12,15H,5-6,9-10H2,1H3. The van der Waals surface area contributed by atoms with Crippen LogP contribution in [0.5, 0.6) is 0 Å². The van der Waals surface area contributed by atoms with E-state index in [1.165, 1.54) is 16.4 Å². The second-order valence-corrected chi connectivity index (χ2v) is 6.49. The van der Waals surface area contributed by atoms with Crippen LogP contribution in [-0.2, 0) is 14.8 Å². The van der Waals surface area contributed by atoms with Crippen molar-refractivity contribution in [1.82, 2.24) is 9.62 Å². The molecular weight excluding hydrogens is 278 g/mol. The molecule has 108 valence electrons. The van der Waals surface area contributed by atoms with Gasteiger partial charge in [0.2, 0.25) is 10.0 Å². The van der Waals surface area contributed by atoms with Crippen molar-refractivity contribution < 1.29 is 13.2 Å². The van der Waals surface area contributed by atoms with Gasteiger partial charge in [0, 0.05) is 19.6 Å². The number of ether oxygens (including phenoxy) is 1. The average Bonchev–Trinajstić information content (AvgIpc) is 2.48. The monoisotopic (exact) mass is 295 g/mol. The highest BCUT2D eigenvalue weighted by Gasteiger charge is 2.30. The first-order valence-electron chi connectivity index (χ1n) is 6.34. The van der Waals surface area contributed by atoms with E-state index in [1.807, 2.05) is 6.07 Å². The van der Waals surface area contributed by atoms with Gasteiger partial charge < -0.3 is 10.1 Å². The molecule has 20 heavy (non-hydrogen) atoms. The molecule has 1 N–H and O–H groups in total. The van der Waals surface area contributed by atoms with Crippen LogP contribution >= 0.6 is 0 Å². The molecule has 7 heteroatoms. The molecule has 0 bridgehead atoms. The molecule has 0 saturated carbocycles. The minimum Gasteiger partial charge on any atom is -0.374 e. The van der Waals surface area contributed by atoms with Gasteiger partial charge in [-0.15, -0.1) is 0 Å². The fourth-order valence-electron chi connectivity index (χ4n) is 2.14. The van der Waals surface area contributed by atoms with Crippen LogP contribution in [0.2, 0.25) is 0 Å². The number of hydrogen-bond donors (Lipinski definition) is 1. The summed E-state index contributed by atoms with van der Waals surface area (Å²) in [5, 5.41) is 11.8. The van der Waals surface area contributed by atoms with Crippen molar-refractivity contribution in [2.75, 3.05) is 33.3 Å². The van der Waals surface area contributed by atoms with Crippen LogP contribution in [0.25, 0.3) is 0 Å². The molecule has 2 rings (SSSR count).